The summed E-state index contributed by atoms with van der Waals surface area (Å²) in [5.74, 6) is 0.896. The van der Waals surface area contributed by atoms with Crippen molar-refractivity contribution < 1.29 is 4.52 Å². The van der Waals surface area contributed by atoms with Crippen molar-refractivity contribution in [2.24, 2.45) is 7.05 Å². The van der Waals surface area contributed by atoms with Crippen LogP contribution in [-0.2, 0) is 20.0 Å². The molecule has 0 radical (unpaired) electrons. The molecule has 1 N–H and O–H groups in total. The van der Waals surface area contributed by atoms with Crippen LogP contribution in [0.1, 0.15) is 22.7 Å². The molecule has 0 aliphatic heterocycles. The van der Waals surface area contributed by atoms with Crippen LogP contribution in [0.3, 0.4) is 0 Å². The molecule has 0 aromatic carbocycles. The van der Waals surface area contributed by atoms with Crippen molar-refractivity contribution in [3.05, 3.63) is 35.0 Å². The molecule has 2 heterocycles. The molecule has 0 saturated carbocycles. The summed E-state index contributed by atoms with van der Waals surface area (Å²) < 4.78 is 6.93. The highest BCUT2D eigenvalue weighted by Gasteiger charge is 2.07. The van der Waals surface area contributed by atoms with E-state index >= 15 is 0 Å². The first-order valence-corrected chi connectivity index (χ1v) is 5.78. The van der Waals surface area contributed by atoms with Gasteiger partial charge < -0.3 is 9.84 Å². The van der Waals surface area contributed by atoms with Crippen LogP contribution in [0.5, 0.6) is 0 Å². The van der Waals surface area contributed by atoms with Gasteiger partial charge in [0.2, 0.25) is 0 Å². The lowest BCUT2D eigenvalue weighted by molar-refractivity contribution is 0.392. The van der Waals surface area contributed by atoms with Gasteiger partial charge in [-0.15, -0.1) is 0 Å². The van der Waals surface area contributed by atoms with Crippen molar-refractivity contribution >= 4 is 0 Å². The minimum Gasteiger partial charge on any atom is -0.361 e. The summed E-state index contributed by atoms with van der Waals surface area (Å²) in [6, 6.07) is 2.04. The second-order valence-corrected chi connectivity index (χ2v) is 4.21. The number of hydrogen-bond donors (Lipinski definition) is 1. The van der Waals surface area contributed by atoms with E-state index in [4.69, 9.17) is 4.52 Å². The molecule has 0 bridgehead atoms. The number of rotatable bonds is 5. The van der Waals surface area contributed by atoms with Crippen molar-refractivity contribution in [1.82, 2.24) is 20.3 Å². The van der Waals surface area contributed by atoms with E-state index in [1.54, 1.807) is 0 Å². The molecule has 0 amide bonds. The van der Waals surface area contributed by atoms with Crippen LogP contribution in [-0.4, -0.2) is 21.5 Å². The van der Waals surface area contributed by atoms with E-state index in [0.29, 0.717) is 0 Å². The van der Waals surface area contributed by atoms with Gasteiger partial charge in [0.1, 0.15) is 5.76 Å². The van der Waals surface area contributed by atoms with Crippen LogP contribution in [0, 0.1) is 13.8 Å². The van der Waals surface area contributed by atoms with Crippen LogP contribution in [0.2, 0.25) is 0 Å². The average molecular weight is 234 g/mol. The molecular formula is C12H18N4O. The maximum Gasteiger partial charge on any atom is 0.138 e. The Kier molecular flexibility index (Phi) is 3.58. The summed E-state index contributed by atoms with van der Waals surface area (Å²) in [6.07, 6.45) is 2.90. The third-order valence-corrected chi connectivity index (χ3v) is 2.81. The summed E-state index contributed by atoms with van der Waals surface area (Å²) >= 11 is 0. The first-order chi connectivity index (χ1) is 8.16. The van der Waals surface area contributed by atoms with Crippen molar-refractivity contribution in [3.63, 3.8) is 0 Å². The molecule has 17 heavy (non-hydrogen) atoms. The minimum atomic E-state index is 0.800. The Morgan fingerprint density at radius 1 is 1.41 bits per heavy atom. The fourth-order valence-corrected chi connectivity index (χ4v) is 1.78. The van der Waals surface area contributed by atoms with Crippen molar-refractivity contribution in [1.29, 1.82) is 0 Å². The minimum absolute atomic E-state index is 0.800. The fourth-order valence-electron chi connectivity index (χ4n) is 1.78. The molecule has 0 aliphatic carbocycles. The third-order valence-electron chi connectivity index (χ3n) is 2.81. The van der Waals surface area contributed by atoms with E-state index in [-0.39, 0.29) is 0 Å². The maximum atomic E-state index is 5.11. The zero-order valence-corrected chi connectivity index (χ0v) is 10.5. The highest BCUT2D eigenvalue weighted by molar-refractivity contribution is 5.20. The van der Waals surface area contributed by atoms with Gasteiger partial charge in [-0.25, -0.2) is 0 Å². The third kappa shape index (κ3) is 2.94. The van der Waals surface area contributed by atoms with E-state index in [0.717, 1.165) is 42.2 Å². The van der Waals surface area contributed by atoms with E-state index < -0.39 is 0 Å². The molecule has 0 aliphatic rings. The Hall–Kier alpha value is -1.62. The van der Waals surface area contributed by atoms with Crippen LogP contribution in [0.15, 0.2) is 16.8 Å². The van der Waals surface area contributed by atoms with Gasteiger partial charge in [-0.2, -0.15) is 5.10 Å². The average Bonchev–Trinajstić information content (AvgIpc) is 2.83. The summed E-state index contributed by atoms with van der Waals surface area (Å²) in [4.78, 5) is 0. The Bertz CT molecular complexity index is 467. The fraction of sp³-hybridized carbons (Fsp3) is 0.500. The molecule has 0 spiro atoms. The summed E-state index contributed by atoms with van der Waals surface area (Å²) in [5.41, 5.74) is 3.23. The normalized spacial score (nSPS) is 11.0. The largest absolute Gasteiger partial charge is 0.361 e. The highest BCUT2D eigenvalue weighted by atomic mass is 16.5. The Morgan fingerprint density at radius 2 is 2.24 bits per heavy atom. The molecule has 2 rings (SSSR count). The van der Waals surface area contributed by atoms with E-state index in [1.807, 2.05) is 37.8 Å². The maximum absolute atomic E-state index is 5.11. The molecule has 0 saturated heterocycles. The molecular weight excluding hydrogens is 216 g/mol. The summed E-state index contributed by atoms with van der Waals surface area (Å²) in [5, 5.41) is 11.6. The molecule has 92 valence electrons. The summed E-state index contributed by atoms with van der Waals surface area (Å²) in [7, 11) is 1.93. The molecule has 5 heteroatoms. The zero-order chi connectivity index (χ0) is 12.3. The lowest BCUT2D eigenvalue weighted by Crippen LogP contribution is -2.17. The van der Waals surface area contributed by atoms with Crippen LogP contribution in [0.4, 0.5) is 0 Å². The van der Waals surface area contributed by atoms with Gasteiger partial charge in [-0.1, -0.05) is 5.16 Å². The predicted octanol–water partition coefficient (Wildman–Crippen LogP) is 1.36. The number of aromatic nitrogens is 3. The Morgan fingerprint density at radius 3 is 2.82 bits per heavy atom. The molecule has 0 fully saturated rings. The molecule has 0 unspecified atom stereocenters. The predicted molar refractivity (Wildman–Crippen MR) is 64.6 cm³/mol. The first kappa shape index (κ1) is 11.9. The smallest absolute Gasteiger partial charge is 0.138 e. The van der Waals surface area contributed by atoms with Crippen molar-refractivity contribution in [2.45, 2.75) is 26.8 Å². The van der Waals surface area contributed by atoms with Crippen molar-refractivity contribution in [2.75, 3.05) is 6.54 Å². The zero-order valence-electron chi connectivity index (χ0n) is 10.5. The Labute approximate surface area is 101 Å². The molecule has 2 aromatic heterocycles. The topological polar surface area (TPSA) is 55.9 Å². The number of aryl methyl sites for hydroxylation is 3. The lowest BCUT2D eigenvalue weighted by Gasteiger charge is -2.02. The van der Waals surface area contributed by atoms with E-state index in [9.17, 15) is 0 Å². The van der Waals surface area contributed by atoms with Crippen LogP contribution >= 0.6 is 0 Å². The number of nitrogens with one attached hydrogen (secondary N) is 1. The van der Waals surface area contributed by atoms with Crippen molar-refractivity contribution in [3.8, 4) is 0 Å². The summed E-state index contributed by atoms with van der Waals surface area (Å²) in [6.45, 7) is 5.61. The van der Waals surface area contributed by atoms with E-state index in [1.165, 1.54) is 0 Å². The Balaban J connectivity index is 1.77. The van der Waals surface area contributed by atoms with E-state index in [2.05, 4.69) is 15.6 Å². The second-order valence-electron chi connectivity index (χ2n) is 4.21. The van der Waals surface area contributed by atoms with Gasteiger partial charge >= 0.3 is 0 Å². The first-order valence-electron chi connectivity index (χ1n) is 5.78. The van der Waals surface area contributed by atoms with Gasteiger partial charge in [0.25, 0.3) is 0 Å². The standard InChI is InChI=1S/C12H18N4O/c1-9-12(10(2)17-15-9)8-13-6-4-11-5-7-16(3)14-11/h5,7,13H,4,6,8H2,1-3H3. The molecule has 2 aromatic rings. The highest BCUT2D eigenvalue weighted by Crippen LogP contribution is 2.11. The van der Waals surface area contributed by atoms with Gasteiger partial charge in [0.15, 0.2) is 0 Å². The van der Waals surface area contributed by atoms with Gasteiger partial charge in [0.05, 0.1) is 11.4 Å². The van der Waals surface area contributed by atoms with Crippen LogP contribution in [0.25, 0.3) is 0 Å². The molecule has 5 nitrogen and oxygen atoms in total. The van der Waals surface area contributed by atoms with Gasteiger partial charge in [-0.05, 0) is 19.9 Å². The van der Waals surface area contributed by atoms with Crippen LogP contribution < -0.4 is 5.32 Å². The number of nitrogens with zero attached hydrogens (tertiary/aromatic N) is 3. The van der Waals surface area contributed by atoms with Gasteiger partial charge in [0, 0.05) is 38.3 Å². The molecule has 0 atom stereocenters. The monoisotopic (exact) mass is 234 g/mol. The SMILES string of the molecule is Cc1noc(C)c1CNCCc1ccn(C)n1. The lowest BCUT2D eigenvalue weighted by atomic mass is 10.2. The van der Waals surface area contributed by atoms with Gasteiger partial charge in [-0.3, -0.25) is 4.68 Å². The quantitative estimate of drug-likeness (QED) is 0.794. The second kappa shape index (κ2) is 5.14. The number of hydrogen-bond acceptors (Lipinski definition) is 4.